The average molecular weight is 571 g/mol. The van der Waals surface area contributed by atoms with E-state index >= 15 is 0 Å². The number of phenolic OH excluding ortho intramolecular Hbond substituents is 1. The molecule has 14 nitrogen and oxygen atoms in total. The van der Waals surface area contributed by atoms with Crippen LogP contribution < -0.4 is 11.1 Å². The maximum absolute atomic E-state index is 12.4. The van der Waals surface area contributed by atoms with Gasteiger partial charge in [0.1, 0.15) is 17.5 Å². The van der Waals surface area contributed by atoms with E-state index < -0.39 is 30.1 Å². The maximum atomic E-state index is 12.4. The van der Waals surface area contributed by atoms with Gasteiger partial charge in [-0.05, 0) is 46.0 Å². The number of hydrogen-bond acceptors (Lipinski definition) is 10. The Hall–Kier alpha value is -4.19. The van der Waals surface area contributed by atoms with E-state index in [1.165, 1.54) is 33.5 Å². The van der Waals surface area contributed by atoms with Gasteiger partial charge in [-0.2, -0.15) is 13.2 Å². The van der Waals surface area contributed by atoms with Gasteiger partial charge in [0.25, 0.3) is 0 Å². The number of tetrazole rings is 1. The number of nitrogens with zero attached hydrogens (tertiary/aromatic N) is 5. The van der Waals surface area contributed by atoms with E-state index in [2.05, 4.69) is 20.8 Å². The number of phenols is 1. The van der Waals surface area contributed by atoms with E-state index in [9.17, 15) is 37.8 Å². The van der Waals surface area contributed by atoms with Gasteiger partial charge in [0, 0.05) is 12.3 Å². The smallest absolute Gasteiger partial charge is 0.490 e. The Balaban J connectivity index is 0.000000448. The first-order chi connectivity index (χ1) is 18.3. The zero-order valence-corrected chi connectivity index (χ0v) is 20.4. The molecule has 1 unspecified atom stereocenters. The molecule has 6 N–H and O–H groups in total. The fraction of sp³-hybridized carbons (Fsp3) is 0.381. The molecule has 2 amide bonds. The van der Waals surface area contributed by atoms with Crippen LogP contribution in [0.4, 0.5) is 13.2 Å². The van der Waals surface area contributed by atoms with Crippen LogP contribution in [0.15, 0.2) is 40.7 Å². The Bertz CT molecular complexity index is 1350. The van der Waals surface area contributed by atoms with Gasteiger partial charge in [-0.3, -0.25) is 14.5 Å². The molecule has 4 heterocycles. The molecular formula is C21H20F3N7O7S. The molecule has 2 saturated heterocycles. The van der Waals surface area contributed by atoms with Crippen LogP contribution in [0.5, 0.6) is 5.75 Å². The van der Waals surface area contributed by atoms with Crippen molar-refractivity contribution < 1.29 is 47.7 Å². The van der Waals surface area contributed by atoms with Crippen LogP contribution in [0.25, 0.3) is 0 Å². The van der Waals surface area contributed by atoms with Gasteiger partial charge in [0.05, 0.1) is 6.04 Å². The van der Waals surface area contributed by atoms with Crippen LogP contribution in [-0.4, -0.2) is 94.7 Å². The summed E-state index contributed by atoms with van der Waals surface area (Å²) in [6, 6.07) is 4.54. The number of aromatic hydroxyl groups is 1. The summed E-state index contributed by atoms with van der Waals surface area (Å²) in [5, 5.41) is 41.4. The van der Waals surface area contributed by atoms with Crippen LogP contribution in [0, 0.1) is 5.92 Å². The predicted molar refractivity (Wildman–Crippen MR) is 123 cm³/mol. The van der Waals surface area contributed by atoms with Gasteiger partial charge in [-0.25, -0.2) is 14.3 Å². The van der Waals surface area contributed by atoms with E-state index in [1.54, 1.807) is 12.1 Å². The van der Waals surface area contributed by atoms with Gasteiger partial charge in [-0.1, -0.05) is 23.9 Å². The Morgan fingerprint density at radius 3 is 2.41 bits per heavy atom. The number of carbonyl (C=O) groups excluding carboxylic acids is 2. The second-order valence-corrected chi connectivity index (χ2v) is 9.64. The standard InChI is InChI=1S/C19H19N7O5S.C2HF3O2/c20-16(28)14(8-1-3-11(27)4-2-8)26-19(22-23-24-26)32-7-10-5-9-6-21-12-13(9)25(17(12)29)15(10)18(30)31;3-2(4,5)1(6)7/h1-4,9,12-14,21,27H,5-7H2,(H2,20,28)(H,30,31);(H,6,7)/t9-,12+,13-,14?;/m1./s1. The Kier molecular flexibility index (Phi) is 7.51. The number of carboxylic acid groups (broad SMARTS) is 2. The topological polar surface area (TPSA) is 214 Å². The molecule has 0 saturated carbocycles. The van der Waals surface area contributed by atoms with Crippen LogP contribution in [-0.2, 0) is 19.2 Å². The van der Waals surface area contributed by atoms with Gasteiger partial charge < -0.3 is 26.4 Å². The predicted octanol–water partition coefficient (Wildman–Crippen LogP) is -0.280. The van der Waals surface area contributed by atoms with Crippen molar-refractivity contribution in [3.63, 3.8) is 0 Å². The molecular weight excluding hydrogens is 551 g/mol. The van der Waals surface area contributed by atoms with Crippen molar-refractivity contribution in [3.8, 4) is 5.75 Å². The maximum Gasteiger partial charge on any atom is 0.490 e. The third-order valence-corrected chi connectivity index (χ3v) is 7.34. The van der Waals surface area contributed by atoms with E-state index in [0.29, 0.717) is 24.1 Å². The highest BCUT2D eigenvalue weighted by molar-refractivity contribution is 7.99. The van der Waals surface area contributed by atoms with Crippen molar-refractivity contribution in [2.45, 2.75) is 35.9 Å². The highest BCUT2D eigenvalue weighted by Gasteiger charge is 2.59. The zero-order chi connectivity index (χ0) is 28.6. The van der Waals surface area contributed by atoms with E-state index in [-0.39, 0.29) is 46.3 Å². The molecule has 2 aromatic rings. The largest absolute Gasteiger partial charge is 0.508 e. The van der Waals surface area contributed by atoms with Crippen LogP contribution in [0.2, 0.25) is 0 Å². The molecule has 1 aromatic heterocycles. The highest BCUT2D eigenvalue weighted by Crippen LogP contribution is 2.44. The molecule has 5 rings (SSSR count). The molecule has 0 aliphatic carbocycles. The Morgan fingerprint density at radius 2 is 1.85 bits per heavy atom. The first kappa shape index (κ1) is 27.8. The second kappa shape index (κ2) is 10.5. The minimum Gasteiger partial charge on any atom is -0.508 e. The second-order valence-electron chi connectivity index (χ2n) is 8.70. The summed E-state index contributed by atoms with van der Waals surface area (Å²) in [6.07, 6.45) is -4.54. The molecule has 3 aliphatic heterocycles. The molecule has 208 valence electrons. The Labute approximate surface area is 220 Å². The van der Waals surface area contributed by atoms with Gasteiger partial charge in [-0.15, -0.1) is 5.10 Å². The van der Waals surface area contributed by atoms with Crippen LogP contribution in [0.3, 0.4) is 0 Å². The van der Waals surface area contributed by atoms with E-state index in [4.69, 9.17) is 15.6 Å². The lowest BCUT2D eigenvalue weighted by Crippen LogP contribution is -2.68. The van der Waals surface area contributed by atoms with E-state index in [0.717, 1.165) is 0 Å². The third-order valence-electron chi connectivity index (χ3n) is 6.32. The van der Waals surface area contributed by atoms with Crippen molar-refractivity contribution in [2.75, 3.05) is 12.3 Å². The molecule has 0 spiro atoms. The Morgan fingerprint density at radius 1 is 1.21 bits per heavy atom. The number of aromatic nitrogens is 4. The van der Waals surface area contributed by atoms with Gasteiger partial charge >= 0.3 is 18.1 Å². The summed E-state index contributed by atoms with van der Waals surface area (Å²) in [6.45, 7) is 0.654. The lowest BCUT2D eigenvalue weighted by Gasteiger charge is -2.48. The summed E-state index contributed by atoms with van der Waals surface area (Å²) in [7, 11) is 0. The summed E-state index contributed by atoms with van der Waals surface area (Å²) in [5.41, 5.74) is 6.73. The minimum atomic E-state index is -5.08. The number of primary amides is 1. The lowest BCUT2D eigenvalue weighted by molar-refractivity contribution is -0.192. The summed E-state index contributed by atoms with van der Waals surface area (Å²) < 4.78 is 33.0. The lowest BCUT2D eigenvalue weighted by atomic mass is 9.80. The summed E-state index contributed by atoms with van der Waals surface area (Å²) >= 11 is 1.17. The molecule has 0 radical (unpaired) electrons. The number of nitrogens with two attached hydrogens (primary N) is 1. The van der Waals surface area contributed by atoms with Crippen molar-refractivity contribution in [3.05, 3.63) is 41.1 Å². The number of benzene rings is 1. The number of amides is 2. The quantitative estimate of drug-likeness (QED) is 0.214. The molecule has 2 fully saturated rings. The molecule has 1 aromatic carbocycles. The summed E-state index contributed by atoms with van der Waals surface area (Å²) in [5.74, 6) is -4.38. The third kappa shape index (κ3) is 5.37. The van der Waals surface area contributed by atoms with Gasteiger partial charge in [0.15, 0.2) is 6.04 Å². The average Bonchev–Trinajstić information content (AvgIpc) is 3.48. The molecule has 39 heavy (non-hydrogen) atoms. The first-order valence-corrected chi connectivity index (χ1v) is 12.1. The zero-order valence-electron chi connectivity index (χ0n) is 19.6. The monoisotopic (exact) mass is 571 g/mol. The van der Waals surface area contributed by atoms with Crippen molar-refractivity contribution in [1.29, 1.82) is 0 Å². The van der Waals surface area contributed by atoms with Crippen molar-refractivity contribution in [1.82, 2.24) is 30.4 Å². The molecule has 4 atom stereocenters. The number of rotatable bonds is 7. The SMILES string of the molecule is NC(=O)C(c1ccc(O)cc1)n1nnnc1SCC1=C(C(=O)O)N2C(=O)[C@H]3NC[C@@H](C1)[C@H]32.O=C(O)C(F)(F)F. The van der Waals surface area contributed by atoms with Crippen molar-refractivity contribution in [2.24, 2.45) is 11.7 Å². The first-order valence-electron chi connectivity index (χ1n) is 11.1. The number of thioether (sulfide) groups is 1. The molecule has 18 heteroatoms. The summed E-state index contributed by atoms with van der Waals surface area (Å²) in [4.78, 5) is 46.8. The number of aliphatic carboxylic acids is 2. The van der Waals surface area contributed by atoms with E-state index in [1.807, 2.05) is 0 Å². The molecule has 0 bridgehead atoms. The fourth-order valence-electron chi connectivity index (χ4n) is 4.69. The number of nitrogens with one attached hydrogen (secondary N) is 1. The number of β-lactam (4-membered cyclic amide) rings is 1. The number of alkyl halides is 3. The fourth-order valence-corrected chi connectivity index (χ4v) is 5.62. The number of hydrogen-bond donors (Lipinski definition) is 5. The van der Waals surface area contributed by atoms with Crippen LogP contribution in [0.1, 0.15) is 18.0 Å². The van der Waals surface area contributed by atoms with Crippen LogP contribution >= 0.6 is 11.8 Å². The van der Waals surface area contributed by atoms with Gasteiger partial charge in [0.2, 0.25) is 17.0 Å². The van der Waals surface area contributed by atoms with Crippen molar-refractivity contribution >= 4 is 35.5 Å². The molecule has 3 aliphatic rings. The number of carbonyl (C=O) groups is 4. The minimum absolute atomic E-state index is 0.0210. The highest BCUT2D eigenvalue weighted by atomic mass is 32.2. The number of halogens is 3. The number of carboxylic acids is 2. The normalized spacial score (nSPS) is 22.4.